The fraction of sp³-hybridized carbons (Fsp3) is 0.650. The number of nitrogens with zero attached hydrogens (tertiary/aromatic N) is 1. The summed E-state index contributed by atoms with van der Waals surface area (Å²) in [7, 11) is 1.59. The maximum atomic E-state index is 12.9. The highest BCUT2D eigenvalue weighted by Gasteiger charge is 2.37. The molecule has 2 heterocycles. The van der Waals surface area contributed by atoms with E-state index in [2.05, 4.69) is 5.32 Å². The second-order valence-corrected chi connectivity index (χ2v) is 8.48. The molecular formula is C20H28N2O5S. The lowest BCUT2D eigenvalue weighted by molar-refractivity contribution is -0.130. The van der Waals surface area contributed by atoms with Crippen LogP contribution in [0.25, 0.3) is 0 Å². The van der Waals surface area contributed by atoms with Crippen LogP contribution in [0.2, 0.25) is 0 Å². The summed E-state index contributed by atoms with van der Waals surface area (Å²) in [5.41, 5.74) is 1.52. The first kappa shape index (κ1) is 20.8. The largest absolute Gasteiger partial charge is 0.462 e. The van der Waals surface area contributed by atoms with Crippen molar-refractivity contribution < 1.29 is 23.9 Å². The number of nitrogens with one attached hydrogen (secondary N) is 1. The number of carbonyl (C=O) groups is 3. The molecule has 0 aromatic carbocycles. The molecule has 3 rings (SSSR count). The van der Waals surface area contributed by atoms with Crippen LogP contribution in [0.15, 0.2) is 0 Å². The molecule has 154 valence electrons. The number of likely N-dealkylation sites (tertiary alicyclic amines) is 1. The zero-order chi connectivity index (χ0) is 20.3. The van der Waals surface area contributed by atoms with E-state index in [9.17, 15) is 14.4 Å². The summed E-state index contributed by atoms with van der Waals surface area (Å²) in [6.07, 6.45) is 4.06. The molecular weight excluding hydrogens is 380 g/mol. The first-order valence-electron chi connectivity index (χ1n) is 9.87. The van der Waals surface area contributed by atoms with E-state index in [1.165, 1.54) is 11.3 Å². The summed E-state index contributed by atoms with van der Waals surface area (Å²) in [5, 5.41) is 3.49. The lowest BCUT2D eigenvalue weighted by Crippen LogP contribution is -2.38. The Bertz CT molecular complexity index is 760. The molecule has 1 N–H and O–H groups in total. The Morgan fingerprint density at radius 3 is 2.79 bits per heavy atom. The van der Waals surface area contributed by atoms with Gasteiger partial charge in [-0.25, -0.2) is 4.79 Å². The topological polar surface area (TPSA) is 84.9 Å². The van der Waals surface area contributed by atoms with Crippen LogP contribution >= 0.6 is 11.3 Å². The molecule has 7 nitrogen and oxygen atoms in total. The molecule has 1 aliphatic heterocycles. The van der Waals surface area contributed by atoms with E-state index >= 15 is 0 Å². The predicted octanol–water partition coefficient (Wildman–Crippen LogP) is 2.63. The number of fused-ring (bicyclic) bond motifs is 1. The Balaban J connectivity index is 1.76. The van der Waals surface area contributed by atoms with Gasteiger partial charge in [-0.3, -0.25) is 9.59 Å². The standard InChI is InChI=1S/C20H28N2O5S/c1-4-27-20(25)17-14-7-5-6-8-15(14)28-19(17)21-18(24)13-9-16(23)22(10-13)12(2)11-26-3/h12-13H,4-11H2,1-3H3,(H,21,24)/t12-,13+/m0/s1. The molecule has 0 bridgehead atoms. The molecule has 0 unspecified atom stereocenters. The van der Waals surface area contributed by atoms with E-state index in [0.717, 1.165) is 36.1 Å². The van der Waals surface area contributed by atoms with Gasteiger partial charge < -0.3 is 19.7 Å². The second kappa shape index (κ2) is 9.05. The minimum absolute atomic E-state index is 0.0409. The SMILES string of the molecule is CCOC(=O)c1c(NC(=O)[C@@H]2CC(=O)N([C@@H](C)COC)C2)sc2c1CCCC2. The van der Waals surface area contributed by atoms with Gasteiger partial charge >= 0.3 is 5.97 Å². The Kier molecular flexibility index (Phi) is 6.72. The number of esters is 1. The first-order valence-corrected chi connectivity index (χ1v) is 10.7. The van der Waals surface area contributed by atoms with Gasteiger partial charge in [-0.05, 0) is 45.1 Å². The fourth-order valence-electron chi connectivity index (χ4n) is 3.95. The van der Waals surface area contributed by atoms with Gasteiger partial charge in [-0.1, -0.05) is 0 Å². The number of ether oxygens (including phenoxy) is 2. The van der Waals surface area contributed by atoms with Gasteiger partial charge in [0, 0.05) is 25.0 Å². The van der Waals surface area contributed by atoms with Crippen molar-refractivity contribution in [1.82, 2.24) is 4.90 Å². The molecule has 2 amide bonds. The van der Waals surface area contributed by atoms with Crippen molar-refractivity contribution in [1.29, 1.82) is 0 Å². The maximum Gasteiger partial charge on any atom is 0.341 e. The number of hydrogen-bond donors (Lipinski definition) is 1. The zero-order valence-electron chi connectivity index (χ0n) is 16.7. The van der Waals surface area contributed by atoms with Gasteiger partial charge in [-0.15, -0.1) is 11.3 Å². The zero-order valence-corrected chi connectivity index (χ0v) is 17.5. The van der Waals surface area contributed by atoms with Gasteiger partial charge in [0.05, 0.1) is 30.7 Å². The van der Waals surface area contributed by atoms with Crippen LogP contribution in [0.3, 0.4) is 0 Å². The third kappa shape index (κ3) is 4.22. The molecule has 1 saturated heterocycles. The minimum atomic E-state index is -0.430. The number of rotatable bonds is 7. The van der Waals surface area contributed by atoms with Crippen LogP contribution in [0.5, 0.6) is 0 Å². The molecule has 8 heteroatoms. The first-order chi connectivity index (χ1) is 13.5. The minimum Gasteiger partial charge on any atom is -0.462 e. The van der Waals surface area contributed by atoms with Crippen molar-refractivity contribution in [3.05, 3.63) is 16.0 Å². The van der Waals surface area contributed by atoms with Crippen LogP contribution < -0.4 is 5.32 Å². The lowest BCUT2D eigenvalue weighted by Gasteiger charge is -2.23. The number of hydrogen-bond acceptors (Lipinski definition) is 6. The van der Waals surface area contributed by atoms with Crippen LogP contribution in [-0.4, -0.2) is 55.6 Å². The molecule has 2 atom stereocenters. The van der Waals surface area contributed by atoms with Gasteiger partial charge in [0.2, 0.25) is 11.8 Å². The summed E-state index contributed by atoms with van der Waals surface area (Å²) in [4.78, 5) is 40.5. The van der Waals surface area contributed by atoms with Gasteiger partial charge in [0.1, 0.15) is 5.00 Å². The van der Waals surface area contributed by atoms with Crippen LogP contribution in [0, 0.1) is 5.92 Å². The summed E-state index contributed by atoms with van der Waals surface area (Å²) in [5.74, 6) is -1.07. The Hall–Kier alpha value is -1.93. The second-order valence-electron chi connectivity index (χ2n) is 7.38. The summed E-state index contributed by atoms with van der Waals surface area (Å²) < 4.78 is 10.4. The van der Waals surface area contributed by atoms with Crippen LogP contribution in [0.1, 0.15) is 53.9 Å². The Morgan fingerprint density at radius 2 is 2.07 bits per heavy atom. The number of thiophene rings is 1. The number of anilines is 1. The van der Waals surface area contributed by atoms with Crippen molar-refractivity contribution in [2.24, 2.45) is 5.92 Å². The van der Waals surface area contributed by atoms with E-state index in [-0.39, 0.29) is 30.2 Å². The monoisotopic (exact) mass is 408 g/mol. The molecule has 1 aliphatic carbocycles. The number of aryl methyl sites for hydroxylation is 1. The Morgan fingerprint density at radius 1 is 1.32 bits per heavy atom. The average Bonchev–Trinajstić information content (AvgIpc) is 3.22. The fourth-order valence-corrected chi connectivity index (χ4v) is 5.23. The van der Waals surface area contributed by atoms with Gasteiger partial charge in [0.15, 0.2) is 0 Å². The molecule has 1 aromatic heterocycles. The summed E-state index contributed by atoms with van der Waals surface area (Å²) >= 11 is 1.47. The molecule has 0 spiro atoms. The van der Waals surface area contributed by atoms with Crippen molar-refractivity contribution in [3.63, 3.8) is 0 Å². The molecule has 28 heavy (non-hydrogen) atoms. The summed E-state index contributed by atoms with van der Waals surface area (Å²) in [6.45, 7) is 4.78. The van der Waals surface area contributed by atoms with E-state index in [4.69, 9.17) is 9.47 Å². The average molecular weight is 409 g/mol. The van der Waals surface area contributed by atoms with E-state index in [0.29, 0.717) is 30.3 Å². The number of methoxy groups -OCH3 is 1. The van der Waals surface area contributed by atoms with Crippen molar-refractivity contribution in [3.8, 4) is 0 Å². The molecule has 1 aromatic rings. The maximum absolute atomic E-state index is 12.9. The third-order valence-corrected chi connectivity index (χ3v) is 6.56. The predicted molar refractivity (Wildman–Crippen MR) is 107 cm³/mol. The highest BCUT2D eigenvalue weighted by atomic mass is 32.1. The molecule has 0 radical (unpaired) electrons. The summed E-state index contributed by atoms with van der Waals surface area (Å²) in [6, 6.07) is -0.0700. The van der Waals surface area contributed by atoms with E-state index < -0.39 is 5.92 Å². The van der Waals surface area contributed by atoms with Crippen molar-refractivity contribution in [2.45, 2.75) is 52.0 Å². The van der Waals surface area contributed by atoms with Gasteiger partial charge in [-0.2, -0.15) is 0 Å². The molecule has 1 fully saturated rings. The number of carbonyl (C=O) groups excluding carboxylic acids is 3. The number of amides is 2. The van der Waals surface area contributed by atoms with Crippen molar-refractivity contribution >= 4 is 34.1 Å². The van der Waals surface area contributed by atoms with Crippen LogP contribution in [0.4, 0.5) is 5.00 Å². The lowest BCUT2D eigenvalue weighted by atomic mass is 9.95. The molecule has 0 saturated carbocycles. The third-order valence-electron chi connectivity index (χ3n) is 5.36. The quantitative estimate of drug-likeness (QED) is 0.701. The highest BCUT2D eigenvalue weighted by molar-refractivity contribution is 7.17. The Labute approximate surface area is 169 Å². The van der Waals surface area contributed by atoms with E-state index in [1.54, 1.807) is 18.9 Å². The van der Waals surface area contributed by atoms with Gasteiger partial charge in [0.25, 0.3) is 0 Å². The highest BCUT2D eigenvalue weighted by Crippen LogP contribution is 2.39. The normalized spacial score (nSPS) is 20.0. The smallest absolute Gasteiger partial charge is 0.341 e. The van der Waals surface area contributed by atoms with Crippen LogP contribution in [-0.2, 0) is 31.9 Å². The molecule has 2 aliphatic rings. The van der Waals surface area contributed by atoms with E-state index in [1.807, 2.05) is 6.92 Å². The van der Waals surface area contributed by atoms with Crippen molar-refractivity contribution in [2.75, 3.05) is 32.2 Å².